The Labute approximate surface area is 125 Å². The molecule has 2 N–H and O–H groups in total. The Morgan fingerprint density at radius 3 is 2.65 bits per heavy atom. The molecule has 1 aromatic carbocycles. The van der Waals surface area contributed by atoms with Crippen molar-refractivity contribution in [3.05, 3.63) is 28.8 Å². The molecule has 2 rings (SSSR count). The van der Waals surface area contributed by atoms with E-state index in [2.05, 4.69) is 12.2 Å². The molecular formula is C16H22ClNO2. The fourth-order valence-electron chi connectivity index (χ4n) is 2.96. The Morgan fingerprint density at radius 1 is 1.35 bits per heavy atom. The molecule has 1 aromatic rings. The normalized spacial score (nSPS) is 22.5. The first kappa shape index (κ1) is 15.2. The van der Waals surface area contributed by atoms with Crippen molar-refractivity contribution in [1.82, 2.24) is 5.32 Å². The molecule has 1 saturated carbocycles. The second kappa shape index (κ2) is 6.98. The summed E-state index contributed by atoms with van der Waals surface area (Å²) in [5, 5.41) is 13.2. The van der Waals surface area contributed by atoms with Crippen LogP contribution in [-0.4, -0.2) is 17.1 Å². The molecule has 1 fully saturated rings. The maximum atomic E-state index is 12.1. The maximum Gasteiger partial charge on any atom is 0.255 e. The van der Waals surface area contributed by atoms with Gasteiger partial charge < -0.3 is 10.4 Å². The first-order chi connectivity index (χ1) is 9.60. The van der Waals surface area contributed by atoms with Gasteiger partial charge in [0.15, 0.2) is 0 Å². The predicted octanol–water partition coefficient (Wildman–Crippen LogP) is 4.13. The summed E-state index contributed by atoms with van der Waals surface area (Å²) >= 11 is 5.77. The Balaban J connectivity index is 1.89. The molecule has 110 valence electrons. The predicted molar refractivity (Wildman–Crippen MR) is 81.2 cm³/mol. The molecule has 1 aliphatic rings. The lowest BCUT2D eigenvalue weighted by atomic mass is 9.83. The monoisotopic (exact) mass is 295 g/mol. The highest BCUT2D eigenvalue weighted by molar-refractivity contribution is 6.30. The van der Waals surface area contributed by atoms with Crippen molar-refractivity contribution in [3.8, 4) is 5.75 Å². The topological polar surface area (TPSA) is 49.3 Å². The zero-order chi connectivity index (χ0) is 14.5. The third kappa shape index (κ3) is 3.89. The molecule has 0 saturated heterocycles. The Hall–Kier alpha value is -1.22. The fraction of sp³-hybridized carbons (Fsp3) is 0.562. The van der Waals surface area contributed by atoms with Crippen LogP contribution in [-0.2, 0) is 0 Å². The Morgan fingerprint density at radius 2 is 2.05 bits per heavy atom. The minimum atomic E-state index is -0.210. The number of hydrogen-bond acceptors (Lipinski definition) is 2. The van der Waals surface area contributed by atoms with Crippen LogP contribution in [0.1, 0.15) is 55.8 Å². The van der Waals surface area contributed by atoms with Crippen molar-refractivity contribution >= 4 is 17.5 Å². The van der Waals surface area contributed by atoms with E-state index in [1.165, 1.54) is 31.7 Å². The molecule has 1 aliphatic carbocycles. The van der Waals surface area contributed by atoms with Gasteiger partial charge in [0.05, 0.1) is 5.56 Å². The summed E-state index contributed by atoms with van der Waals surface area (Å²) in [5.41, 5.74) is 0.296. The summed E-state index contributed by atoms with van der Waals surface area (Å²) in [6.07, 6.45) is 6.96. The number of phenols is 1. The van der Waals surface area contributed by atoms with Gasteiger partial charge in [-0.05, 0) is 49.8 Å². The highest BCUT2D eigenvalue weighted by Crippen LogP contribution is 2.28. The number of benzene rings is 1. The molecule has 0 aromatic heterocycles. The van der Waals surface area contributed by atoms with Gasteiger partial charge in [0.1, 0.15) is 5.75 Å². The minimum absolute atomic E-state index is 0.0605. The second-order valence-corrected chi connectivity index (χ2v) is 6.08. The van der Waals surface area contributed by atoms with E-state index in [9.17, 15) is 9.90 Å². The fourth-order valence-corrected chi connectivity index (χ4v) is 3.13. The molecule has 0 spiro atoms. The van der Waals surface area contributed by atoms with Crippen LogP contribution in [0, 0.1) is 5.92 Å². The summed E-state index contributed by atoms with van der Waals surface area (Å²) in [7, 11) is 0. The zero-order valence-electron chi connectivity index (χ0n) is 11.9. The lowest BCUT2D eigenvalue weighted by Crippen LogP contribution is -2.37. The van der Waals surface area contributed by atoms with Gasteiger partial charge in [0.25, 0.3) is 5.91 Å². The van der Waals surface area contributed by atoms with E-state index < -0.39 is 0 Å². The number of halogens is 1. The Kier molecular flexibility index (Phi) is 5.30. The molecule has 0 radical (unpaired) electrons. The molecule has 0 heterocycles. The molecule has 0 atom stereocenters. The molecule has 0 bridgehead atoms. The number of hydrogen-bond donors (Lipinski definition) is 2. The molecular weight excluding hydrogens is 274 g/mol. The summed E-state index contributed by atoms with van der Waals surface area (Å²) in [5.74, 6) is 0.546. The molecule has 4 heteroatoms. The third-order valence-electron chi connectivity index (χ3n) is 4.08. The van der Waals surface area contributed by atoms with Crippen LogP contribution in [0.2, 0.25) is 5.02 Å². The van der Waals surface area contributed by atoms with Crippen LogP contribution in [0.15, 0.2) is 18.2 Å². The standard InChI is InChI=1S/C16H22ClNO2/c1-2-3-11-4-7-13(8-5-11)18-16(20)14-9-6-12(17)10-15(14)19/h6,9-11,13,19H,2-5,7-8H2,1H3,(H,18,20). The highest BCUT2D eigenvalue weighted by atomic mass is 35.5. The summed E-state index contributed by atoms with van der Waals surface area (Å²) in [6, 6.07) is 4.81. The average molecular weight is 296 g/mol. The van der Waals surface area contributed by atoms with E-state index in [1.807, 2.05) is 0 Å². The zero-order valence-corrected chi connectivity index (χ0v) is 12.6. The molecule has 1 amide bonds. The quantitative estimate of drug-likeness (QED) is 0.877. The third-order valence-corrected chi connectivity index (χ3v) is 4.32. The van der Waals surface area contributed by atoms with Crippen LogP contribution in [0.25, 0.3) is 0 Å². The number of carbonyl (C=O) groups is 1. The minimum Gasteiger partial charge on any atom is -0.507 e. The van der Waals surface area contributed by atoms with Crippen LogP contribution in [0.5, 0.6) is 5.75 Å². The van der Waals surface area contributed by atoms with Gasteiger partial charge in [-0.1, -0.05) is 31.4 Å². The van der Waals surface area contributed by atoms with Crippen molar-refractivity contribution in [2.24, 2.45) is 5.92 Å². The highest BCUT2D eigenvalue weighted by Gasteiger charge is 2.23. The first-order valence-corrected chi connectivity index (χ1v) is 7.77. The van der Waals surface area contributed by atoms with Gasteiger partial charge in [-0.3, -0.25) is 4.79 Å². The van der Waals surface area contributed by atoms with Crippen molar-refractivity contribution in [1.29, 1.82) is 0 Å². The van der Waals surface area contributed by atoms with E-state index in [0.29, 0.717) is 10.6 Å². The number of rotatable bonds is 4. The van der Waals surface area contributed by atoms with Gasteiger partial charge in [0, 0.05) is 11.1 Å². The van der Waals surface area contributed by atoms with Gasteiger partial charge >= 0.3 is 0 Å². The van der Waals surface area contributed by atoms with Gasteiger partial charge in [-0.25, -0.2) is 0 Å². The van der Waals surface area contributed by atoms with Crippen molar-refractivity contribution < 1.29 is 9.90 Å². The van der Waals surface area contributed by atoms with Crippen LogP contribution in [0.4, 0.5) is 0 Å². The first-order valence-electron chi connectivity index (χ1n) is 7.39. The SMILES string of the molecule is CCCC1CCC(NC(=O)c2ccc(Cl)cc2O)CC1. The number of amides is 1. The van der Waals surface area contributed by atoms with E-state index in [-0.39, 0.29) is 17.7 Å². The number of phenolic OH excluding ortho intramolecular Hbond substituents is 1. The summed E-state index contributed by atoms with van der Waals surface area (Å²) in [6.45, 7) is 2.22. The summed E-state index contributed by atoms with van der Waals surface area (Å²) < 4.78 is 0. The molecule has 20 heavy (non-hydrogen) atoms. The van der Waals surface area contributed by atoms with Crippen LogP contribution in [0.3, 0.4) is 0 Å². The maximum absolute atomic E-state index is 12.1. The van der Waals surface area contributed by atoms with E-state index in [4.69, 9.17) is 11.6 Å². The molecule has 3 nitrogen and oxygen atoms in total. The van der Waals surface area contributed by atoms with Crippen molar-refractivity contribution in [3.63, 3.8) is 0 Å². The van der Waals surface area contributed by atoms with Gasteiger partial charge in [-0.15, -0.1) is 0 Å². The number of carbonyl (C=O) groups excluding carboxylic acids is 1. The van der Waals surface area contributed by atoms with Crippen LogP contribution >= 0.6 is 11.6 Å². The smallest absolute Gasteiger partial charge is 0.255 e. The van der Waals surface area contributed by atoms with E-state index in [1.54, 1.807) is 12.1 Å². The van der Waals surface area contributed by atoms with Crippen molar-refractivity contribution in [2.75, 3.05) is 0 Å². The van der Waals surface area contributed by atoms with Crippen LogP contribution < -0.4 is 5.32 Å². The molecule has 0 aliphatic heterocycles. The lowest BCUT2D eigenvalue weighted by Gasteiger charge is -2.29. The number of aromatic hydroxyl groups is 1. The van der Waals surface area contributed by atoms with E-state index in [0.717, 1.165) is 18.8 Å². The Bertz CT molecular complexity index is 468. The second-order valence-electron chi connectivity index (χ2n) is 5.64. The number of nitrogens with one attached hydrogen (secondary N) is 1. The van der Waals surface area contributed by atoms with Gasteiger partial charge in [-0.2, -0.15) is 0 Å². The van der Waals surface area contributed by atoms with Gasteiger partial charge in [0.2, 0.25) is 0 Å². The largest absolute Gasteiger partial charge is 0.507 e. The summed E-state index contributed by atoms with van der Waals surface area (Å²) in [4.78, 5) is 12.1. The van der Waals surface area contributed by atoms with E-state index >= 15 is 0 Å². The average Bonchev–Trinajstić information content (AvgIpc) is 2.41. The lowest BCUT2D eigenvalue weighted by molar-refractivity contribution is 0.0918. The molecule has 0 unspecified atom stereocenters. The van der Waals surface area contributed by atoms with Crippen molar-refractivity contribution in [2.45, 2.75) is 51.5 Å².